The molecule has 4 heteroatoms. The number of carbonyl (C=O) groups excluding carboxylic acids is 2. The summed E-state index contributed by atoms with van der Waals surface area (Å²) in [6, 6.07) is 5.61. The maximum atomic E-state index is 12.6. The largest absolute Gasteiger partial charge is 0.375 e. The van der Waals surface area contributed by atoms with Crippen LogP contribution in [0.2, 0.25) is 0 Å². The lowest BCUT2D eigenvalue weighted by molar-refractivity contribution is -0.141. The third-order valence-electron chi connectivity index (χ3n) is 3.98. The van der Waals surface area contributed by atoms with Crippen molar-refractivity contribution in [2.45, 2.75) is 52.1 Å². The van der Waals surface area contributed by atoms with Crippen LogP contribution in [0, 0.1) is 6.92 Å². The van der Waals surface area contributed by atoms with Crippen LogP contribution in [0.3, 0.4) is 0 Å². The van der Waals surface area contributed by atoms with Crippen molar-refractivity contribution in [2.75, 3.05) is 11.4 Å². The van der Waals surface area contributed by atoms with E-state index in [1.54, 1.807) is 4.90 Å². The highest BCUT2D eigenvalue weighted by Crippen LogP contribution is 2.43. The first-order valence-electron chi connectivity index (χ1n) is 7.55. The van der Waals surface area contributed by atoms with Crippen molar-refractivity contribution in [3.8, 4) is 0 Å². The Hall–Kier alpha value is -1.68. The van der Waals surface area contributed by atoms with E-state index in [0.29, 0.717) is 12.1 Å². The number of aliphatic hydroxyl groups is 1. The first kappa shape index (κ1) is 15.7. The highest BCUT2D eigenvalue weighted by molar-refractivity contribution is 6.08. The van der Waals surface area contributed by atoms with Crippen molar-refractivity contribution in [3.05, 3.63) is 29.3 Å². The third kappa shape index (κ3) is 2.86. The molecule has 0 bridgehead atoms. The highest BCUT2D eigenvalue weighted by atomic mass is 16.3. The van der Waals surface area contributed by atoms with E-state index < -0.39 is 5.60 Å². The fourth-order valence-electron chi connectivity index (χ4n) is 2.94. The summed E-state index contributed by atoms with van der Waals surface area (Å²) in [5, 5.41) is 10.8. The zero-order valence-electron chi connectivity index (χ0n) is 13.0. The molecule has 0 saturated heterocycles. The molecule has 0 fully saturated rings. The molecule has 1 N–H and O–H groups in total. The van der Waals surface area contributed by atoms with Gasteiger partial charge in [0, 0.05) is 18.5 Å². The van der Waals surface area contributed by atoms with Gasteiger partial charge in [0.1, 0.15) is 5.78 Å². The summed E-state index contributed by atoms with van der Waals surface area (Å²) in [5.41, 5.74) is 0.586. The minimum atomic E-state index is -1.70. The summed E-state index contributed by atoms with van der Waals surface area (Å²) in [7, 11) is 0. The number of aryl methyl sites for hydroxylation is 1. The van der Waals surface area contributed by atoms with Gasteiger partial charge in [0.15, 0.2) is 5.60 Å². The van der Waals surface area contributed by atoms with E-state index in [-0.39, 0.29) is 18.1 Å². The molecular weight excluding hydrogens is 266 g/mol. The van der Waals surface area contributed by atoms with Gasteiger partial charge in [-0.1, -0.05) is 37.5 Å². The number of amides is 1. The Morgan fingerprint density at radius 1 is 1.33 bits per heavy atom. The quantitative estimate of drug-likeness (QED) is 0.819. The number of benzene rings is 1. The fourth-order valence-corrected chi connectivity index (χ4v) is 2.94. The number of ketones is 1. The smallest absolute Gasteiger partial charge is 0.264 e. The molecule has 4 nitrogen and oxygen atoms in total. The van der Waals surface area contributed by atoms with E-state index >= 15 is 0 Å². The van der Waals surface area contributed by atoms with Gasteiger partial charge < -0.3 is 10.0 Å². The van der Waals surface area contributed by atoms with Crippen LogP contribution in [0.1, 0.15) is 50.7 Å². The van der Waals surface area contributed by atoms with Crippen LogP contribution >= 0.6 is 0 Å². The molecular formula is C17H23NO3. The normalized spacial score (nSPS) is 20.8. The summed E-state index contributed by atoms with van der Waals surface area (Å²) < 4.78 is 0. The SMILES string of the molecule is CCCCCN1C(=O)C(O)(CC(C)=O)c2cc(C)ccc21. The Kier molecular flexibility index (Phi) is 4.47. The topological polar surface area (TPSA) is 57.6 Å². The van der Waals surface area contributed by atoms with Crippen LogP contribution in [-0.2, 0) is 15.2 Å². The summed E-state index contributed by atoms with van der Waals surface area (Å²) >= 11 is 0. The fraction of sp³-hybridized carbons (Fsp3) is 0.529. The summed E-state index contributed by atoms with van der Waals surface area (Å²) in [4.78, 5) is 25.8. The molecule has 21 heavy (non-hydrogen) atoms. The highest BCUT2D eigenvalue weighted by Gasteiger charge is 2.50. The van der Waals surface area contributed by atoms with Gasteiger partial charge in [-0.25, -0.2) is 0 Å². The van der Waals surface area contributed by atoms with Crippen molar-refractivity contribution in [2.24, 2.45) is 0 Å². The maximum Gasteiger partial charge on any atom is 0.264 e. The number of hydrogen-bond acceptors (Lipinski definition) is 3. The predicted octanol–water partition coefficient (Wildman–Crippen LogP) is 2.70. The van der Waals surface area contributed by atoms with Gasteiger partial charge in [0.2, 0.25) is 0 Å². The van der Waals surface area contributed by atoms with Crippen LogP contribution < -0.4 is 4.90 Å². The predicted molar refractivity (Wildman–Crippen MR) is 82.3 cm³/mol. The second kappa shape index (κ2) is 5.98. The molecule has 1 aromatic rings. The van der Waals surface area contributed by atoms with E-state index in [2.05, 4.69) is 6.92 Å². The standard InChI is InChI=1S/C17H23NO3/c1-4-5-6-9-18-15-8-7-12(2)10-14(15)17(21,16(18)20)11-13(3)19/h7-8,10,21H,4-6,9,11H2,1-3H3. The number of anilines is 1. The van der Waals surface area contributed by atoms with Crippen molar-refractivity contribution >= 4 is 17.4 Å². The summed E-state index contributed by atoms with van der Waals surface area (Å²) in [6.45, 7) is 6.01. The Morgan fingerprint density at radius 3 is 2.67 bits per heavy atom. The molecule has 0 aliphatic carbocycles. The molecule has 2 rings (SSSR count). The van der Waals surface area contributed by atoms with Gasteiger partial charge >= 0.3 is 0 Å². The van der Waals surface area contributed by atoms with Crippen LogP contribution in [0.25, 0.3) is 0 Å². The van der Waals surface area contributed by atoms with E-state index in [1.807, 2.05) is 25.1 Å². The van der Waals surface area contributed by atoms with Gasteiger partial charge in [-0.3, -0.25) is 9.59 Å². The molecule has 0 aromatic heterocycles. The molecule has 0 radical (unpaired) electrons. The number of nitrogens with zero attached hydrogens (tertiary/aromatic N) is 1. The van der Waals surface area contributed by atoms with E-state index in [4.69, 9.17) is 0 Å². The second-order valence-corrected chi connectivity index (χ2v) is 5.92. The Labute approximate surface area is 125 Å². The molecule has 1 amide bonds. The Balaban J connectivity index is 2.40. The summed E-state index contributed by atoms with van der Waals surface area (Å²) in [5.74, 6) is -0.553. The van der Waals surface area contributed by atoms with Gasteiger partial charge in [0.05, 0.1) is 5.69 Å². The van der Waals surface area contributed by atoms with Crippen molar-refractivity contribution in [3.63, 3.8) is 0 Å². The molecule has 1 unspecified atom stereocenters. The van der Waals surface area contributed by atoms with E-state index in [9.17, 15) is 14.7 Å². The molecule has 1 heterocycles. The monoisotopic (exact) mass is 289 g/mol. The Bertz CT molecular complexity index is 567. The number of fused-ring (bicyclic) bond motifs is 1. The van der Waals surface area contributed by atoms with Crippen LogP contribution in [0.4, 0.5) is 5.69 Å². The molecule has 1 aromatic carbocycles. The number of carbonyl (C=O) groups is 2. The van der Waals surface area contributed by atoms with Gasteiger partial charge in [-0.05, 0) is 26.3 Å². The van der Waals surface area contributed by atoms with Crippen molar-refractivity contribution < 1.29 is 14.7 Å². The lowest BCUT2D eigenvalue weighted by Crippen LogP contribution is -2.41. The van der Waals surface area contributed by atoms with E-state index in [0.717, 1.165) is 30.5 Å². The second-order valence-electron chi connectivity index (χ2n) is 5.92. The first-order valence-corrected chi connectivity index (χ1v) is 7.55. The van der Waals surface area contributed by atoms with Crippen molar-refractivity contribution in [1.29, 1.82) is 0 Å². The molecule has 114 valence electrons. The van der Waals surface area contributed by atoms with Crippen LogP contribution in [0.5, 0.6) is 0 Å². The van der Waals surface area contributed by atoms with E-state index in [1.165, 1.54) is 6.92 Å². The lowest BCUT2D eigenvalue weighted by Gasteiger charge is -2.22. The average molecular weight is 289 g/mol. The number of rotatable bonds is 6. The molecule has 0 saturated carbocycles. The first-order chi connectivity index (χ1) is 9.90. The molecule has 0 spiro atoms. The van der Waals surface area contributed by atoms with Gasteiger partial charge in [-0.2, -0.15) is 0 Å². The molecule has 1 atom stereocenters. The molecule has 1 aliphatic rings. The van der Waals surface area contributed by atoms with Crippen LogP contribution in [-0.4, -0.2) is 23.3 Å². The van der Waals surface area contributed by atoms with Gasteiger partial charge in [-0.15, -0.1) is 0 Å². The zero-order valence-corrected chi connectivity index (χ0v) is 13.0. The third-order valence-corrected chi connectivity index (χ3v) is 3.98. The molecule has 1 aliphatic heterocycles. The maximum absolute atomic E-state index is 12.6. The van der Waals surface area contributed by atoms with Crippen molar-refractivity contribution in [1.82, 2.24) is 0 Å². The Morgan fingerprint density at radius 2 is 2.05 bits per heavy atom. The minimum Gasteiger partial charge on any atom is -0.375 e. The summed E-state index contributed by atoms with van der Waals surface area (Å²) in [6.07, 6.45) is 2.84. The lowest BCUT2D eigenvalue weighted by atomic mass is 9.89. The average Bonchev–Trinajstić information content (AvgIpc) is 2.60. The number of unbranched alkanes of at least 4 members (excludes halogenated alkanes) is 2. The van der Waals surface area contributed by atoms with Gasteiger partial charge in [0.25, 0.3) is 5.91 Å². The number of Topliss-reactive ketones (excluding diaryl/α,β-unsaturated/α-hetero) is 1. The number of hydrogen-bond donors (Lipinski definition) is 1. The minimum absolute atomic E-state index is 0.160. The zero-order chi connectivity index (χ0) is 15.6. The van der Waals surface area contributed by atoms with Crippen LogP contribution in [0.15, 0.2) is 18.2 Å².